The van der Waals surface area contributed by atoms with E-state index in [-0.39, 0.29) is 0 Å². The van der Waals surface area contributed by atoms with Gasteiger partial charge in [-0.25, -0.2) is 4.39 Å². The second-order valence-corrected chi connectivity index (χ2v) is 3.07. The molecule has 0 heterocycles. The van der Waals surface area contributed by atoms with Crippen LogP contribution in [0.3, 0.4) is 0 Å². The molecule has 1 aliphatic carbocycles. The van der Waals surface area contributed by atoms with E-state index in [9.17, 15) is 18.3 Å². The molecular formula is C8H11F3O. The van der Waals surface area contributed by atoms with E-state index in [0.29, 0.717) is 19.3 Å². The maximum Gasteiger partial charge on any atom is 0.301 e. The topological polar surface area (TPSA) is 20.2 Å². The first-order valence-corrected chi connectivity index (χ1v) is 4.01. The van der Waals surface area contributed by atoms with Crippen molar-refractivity contribution in [3.05, 3.63) is 11.9 Å². The van der Waals surface area contributed by atoms with Gasteiger partial charge in [0.05, 0.1) is 6.10 Å². The maximum absolute atomic E-state index is 12.6. The molecule has 0 bridgehead atoms. The molecule has 2 atom stereocenters. The smallest absolute Gasteiger partial charge is 0.301 e. The van der Waals surface area contributed by atoms with E-state index in [2.05, 4.69) is 0 Å². The van der Waals surface area contributed by atoms with E-state index in [0.717, 1.165) is 6.42 Å². The summed E-state index contributed by atoms with van der Waals surface area (Å²) in [5.74, 6) is -2.40. The molecular weight excluding hydrogens is 169 g/mol. The fourth-order valence-electron chi connectivity index (χ4n) is 1.55. The molecule has 12 heavy (non-hydrogen) atoms. The predicted molar refractivity (Wildman–Crippen MR) is 38.3 cm³/mol. The van der Waals surface area contributed by atoms with Crippen molar-refractivity contribution in [2.24, 2.45) is 5.92 Å². The fraction of sp³-hybridized carbons (Fsp3) is 0.750. The van der Waals surface area contributed by atoms with Crippen LogP contribution in [0.5, 0.6) is 0 Å². The van der Waals surface area contributed by atoms with Gasteiger partial charge in [-0.05, 0) is 12.8 Å². The average molecular weight is 180 g/mol. The zero-order chi connectivity index (χ0) is 9.14. The zero-order valence-electron chi connectivity index (χ0n) is 6.56. The van der Waals surface area contributed by atoms with Crippen molar-refractivity contribution in [2.45, 2.75) is 31.8 Å². The fourth-order valence-corrected chi connectivity index (χ4v) is 1.55. The number of hydrogen-bond acceptors (Lipinski definition) is 1. The summed E-state index contributed by atoms with van der Waals surface area (Å²) in [6.45, 7) is 0. The molecule has 0 aromatic rings. The molecule has 0 aromatic carbocycles. The Morgan fingerprint density at radius 2 is 1.67 bits per heavy atom. The Labute approximate surface area is 68.9 Å². The van der Waals surface area contributed by atoms with Crippen molar-refractivity contribution in [3.8, 4) is 0 Å². The molecule has 1 fully saturated rings. The van der Waals surface area contributed by atoms with Crippen LogP contribution in [0.25, 0.3) is 0 Å². The van der Waals surface area contributed by atoms with Crippen LogP contribution in [0.15, 0.2) is 11.9 Å². The van der Waals surface area contributed by atoms with Crippen molar-refractivity contribution >= 4 is 0 Å². The number of rotatable bonds is 1. The van der Waals surface area contributed by atoms with Crippen LogP contribution in [0, 0.1) is 5.92 Å². The van der Waals surface area contributed by atoms with Gasteiger partial charge >= 0.3 is 6.08 Å². The summed E-state index contributed by atoms with van der Waals surface area (Å²) in [4.78, 5) is 0. The lowest BCUT2D eigenvalue weighted by molar-refractivity contribution is 0.0720. The first-order valence-electron chi connectivity index (χ1n) is 4.01. The Hall–Kier alpha value is -0.510. The van der Waals surface area contributed by atoms with E-state index in [1.807, 2.05) is 0 Å². The molecule has 0 unspecified atom stereocenters. The molecule has 0 radical (unpaired) electrons. The summed E-state index contributed by atoms with van der Waals surface area (Å²) in [7, 11) is 0. The molecule has 1 aliphatic rings. The maximum atomic E-state index is 12.6. The van der Waals surface area contributed by atoms with Gasteiger partial charge in [0.2, 0.25) is 0 Å². The molecule has 1 nitrogen and oxygen atoms in total. The zero-order valence-corrected chi connectivity index (χ0v) is 6.56. The summed E-state index contributed by atoms with van der Waals surface area (Å²) < 4.78 is 36.2. The minimum atomic E-state index is -2.29. The van der Waals surface area contributed by atoms with Crippen molar-refractivity contribution in [2.75, 3.05) is 0 Å². The van der Waals surface area contributed by atoms with E-state index >= 15 is 0 Å². The van der Waals surface area contributed by atoms with Gasteiger partial charge < -0.3 is 5.11 Å². The average Bonchev–Trinajstić information content (AvgIpc) is 2.04. The van der Waals surface area contributed by atoms with Gasteiger partial charge in [-0.15, -0.1) is 0 Å². The highest BCUT2D eigenvalue weighted by Gasteiger charge is 2.29. The lowest BCUT2D eigenvalue weighted by Crippen LogP contribution is -2.25. The molecule has 1 N–H and O–H groups in total. The van der Waals surface area contributed by atoms with Crippen LogP contribution in [0.2, 0.25) is 0 Å². The Kier molecular flexibility index (Phi) is 3.14. The van der Waals surface area contributed by atoms with Gasteiger partial charge in [-0.1, -0.05) is 12.8 Å². The largest absolute Gasteiger partial charge is 0.392 e. The number of halogens is 3. The van der Waals surface area contributed by atoms with Gasteiger partial charge in [-0.3, -0.25) is 0 Å². The van der Waals surface area contributed by atoms with Gasteiger partial charge in [0, 0.05) is 5.92 Å². The third-order valence-electron chi connectivity index (χ3n) is 2.24. The normalized spacial score (nSPS) is 30.0. The van der Waals surface area contributed by atoms with Gasteiger partial charge in [0.1, 0.15) is 0 Å². The second kappa shape index (κ2) is 3.94. The van der Waals surface area contributed by atoms with Crippen LogP contribution in [-0.2, 0) is 0 Å². The molecule has 70 valence electrons. The van der Waals surface area contributed by atoms with Crippen LogP contribution in [-0.4, -0.2) is 11.2 Å². The summed E-state index contributed by atoms with van der Waals surface area (Å²) in [5, 5.41) is 9.18. The van der Waals surface area contributed by atoms with Crippen molar-refractivity contribution < 1.29 is 18.3 Å². The van der Waals surface area contributed by atoms with Gasteiger partial charge in [0.15, 0.2) is 5.83 Å². The third kappa shape index (κ3) is 2.00. The quantitative estimate of drug-likeness (QED) is 0.657. The van der Waals surface area contributed by atoms with Crippen LogP contribution < -0.4 is 0 Å². The highest BCUT2D eigenvalue weighted by Crippen LogP contribution is 2.32. The Morgan fingerprint density at radius 3 is 2.17 bits per heavy atom. The predicted octanol–water partition coefficient (Wildman–Crippen LogP) is 2.62. The molecule has 0 amide bonds. The Bertz CT molecular complexity index is 187. The SMILES string of the molecule is O[C@@H]1CCCC[C@H]1C(F)=C(F)F. The number of hydrogen-bond donors (Lipinski definition) is 1. The first-order chi connectivity index (χ1) is 5.63. The summed E-state index contributed by atoms with van der Waals surface area (Å²) >= 11 is 0. The first kappa shape index (κ1) is 9.58. The number of aliphatic hydroxyl groups is 1. The van der Waals surface area contributed by atoms with E-state index in [4.69, 9.17) is 0 Å². The molecule has 4 heteroatoms. The molecule has 0 aliphatic heterocycles. The van der Waals surface area contributed by atoms with Gasteiger partial charge in [0.25, 0.3) is 0 Å². The van der Waals surface area contributed by atoms with Crippen molar-refractivity contribution in [3.63, 3.8) is 0 Å². The second-order valence-electron chi connectivity index (χ2n) is 3.07. The third-order valence-corrected chi connectivity index (χ3v) is 2.24. The summed E-state index contributed by atoms with van der Waals surface area (Å²) in [6.07, 6.45) is -0.974. The van der Waals surface area contributed by atoms with E-state index in [1.165, 1.54) is 0 Å². The summed E-state index contributed by atoms with van der Waals surface area (Å²) in [6, 6.07) is 0. The lowest BCUT2D eigenvalue weighted by atomic mass is 9.86. The van der Waals surface area contributed by atoms with Crippen molar-refractivity contribution in [1.82, 2.24) is 0 Å². The lowest BCUT2D eigenvalue weighted by Gasteiger charge is -2.25. The standard InChI is InChI=1S/C8H11F3O/c9-7(8(10)11)5-3-1-2-4-6(5)12/h5-6,12H,1-4H2/t5-,6-/m1/s1. The highest BCUT2D eigenvalue weighted by molar-refractivity contribution is 5.01. The monoisotopic (exact) mass is 180 g/mol. The minimum absolute atomic E-state index is 0.324. The van der Waals surface area contributed by atoms with E-state index < -0.39 is 23.9 Å². The minimum Gasteiger partial charge on any atom is -0.392 e. The molecule has 1 rings (SSSR count). The van der Waals surface area contributed by atoms with Gasteiger partial charge in [-0.2, -0.15) is 8.78 Å². The molecule has 0 aromatic heterocycles. The Balaban J connectivity index is 2.66. The molecule has 1 saturated carbocycles. The molecule has 0 saturated heterocycles. The van der Waals surface area contributed by atoms with Crippen LogP contribution in [0.4, 0.5) is 13.2 Å². The van der Waals surface area contributed by atoms with Crippen LogP contribution >= 0.6 is 0 Å². The molecule has 0 spiro atoms. The Morgan fingerprint density at radius 1 is 1.08 bits per heavy atom. The van der Waals surface area contributed by atoms with Crippen LogP contribution in [0.1, 0.15) is 25.7 Å². The summed E-state index contributed by atoms with van der Waals surface area (Å²) in [5.41, 5.74) is 0. The highest BCUT2D eigenvalue weighted by atomic mass is 19.3. The van der Waals surface area contributed by atoms with E-state index in [1.54, 1.807) is 0 Å². The number of aliphatic hydroxyl groups excluding tert-OH is 1. The van der Waals surface area contributed by atoms with Crippen molar-refractivity contribution in [1.29, 1.82) is 0 Å².